The molecule has 1 fully saturated rings. The number of rotatable bonds is 9. The maximum absolute atomic E-state index is 12.9. The second-order valence-corrected chi connectivity index (χ2v) is 10.9. The number of carbonyl (C=O) groups excluding carboxylic acids is 3. The number of fused-ring (bicyclic) bond motifs is 1. The number of thioether (sulfide) groups is 1. The lowest BCUT2D eigenvalue weighted by atomic mass is 10.1. The maximum atomic E-state index is 12.9. The normalized spacial score (nSPS) is 14.1. The number of carbonyl (C=O) groups is 3. The van der Waals surface area contributed by atoms with Crippen LogP contribution in [0.3, 0.4) is 0 Å². The molecule has 0 aromatic heterocycles. The van der Waals surface area contributed by atoms with Crippen molar-refractivity contribution < 1.29 is 23.9 Å². The third-order valence-electron chi connectivity index (χ3n) is 6.14. The van der Waals surface area contributed by atoms with Gasteiger partial charge in [0.25, 0.3) is 11.1 Å². The minimum absolute atomic E-state index is 0.154. The lowest BCUT2D eigenvalue weighted by molar-refractivity contribution is -0.127. The van der Waals surface area contributed by atoms with Gasteiger partial charge in [0.05, 0.1) is 21.6 Å². The first kappa shape index (κ1) is 28.5. The molecule has 0 radical (unpaired) electrons. The number of nitrogens with one attached hydrogen (secondary N) is 1. The molecule has 10 heteroatoms. The molecule has 0 saturated carbocycles. The van der Waals surface area contributed by atoms with Gasteiger partial charge in [0.1, 0.15) is 18.9 Å². The lowest BCUT2D eigenvalue weighted by Crippen LogP contribution is -2.36. The van der Waals surface area contributed by atoms with Crippen molar-refractivity contribution in [3.63, 3.8) is 0 Å². The van der Waals surface area contributed by atoms with Gasteiger partial charge in [-0.25, -0.2) is 0 Å². The van der Waals surface area contributed by atoms with Crippen molar-refractivity contribution in [3.05, 3.63) is 105 Å². The molecule has 1 heterocycles. The summed E-state index contributed by atoms with van der Waals surface area (Å²) in [6, 6.07) is 24.1. The third kappa shape index (κ3) is 6.85. The van der Waals surface area contributed by atoms with Crippen LogP contribution in [-0.4, -0.2) is 35.1 Å². The van der Waals surface area contributed by atoms with Gasteiger partial charge in [-0.3, -0.25) is 19.3 Å². The van der Waals surface area contributed by atoms with Gasteiger partial charge in [0.15, 0.2) is 5.75 Å². The van der Waals surface area contributed by atoms with Crippen molar-refractivity contribution in [2.75, 3.05) is 18.5 Å². The molecule has 5 rings (SSSR count). The van der Waals surface area contributed by atoms with E-state index >= 15 is 0 Å². The molecule has 4 aromatic carbocycles. The fraction of sp³-hybridized carbons (Fsp3) is 0.129. The van der Waals surface area contributed by atoms with E-state index in [1.807, 2.05) is 49.4 Å². The molecule has 4 aromatic rings. The second kappa shape index (κ2) is 12.7. The monoisotopic (exact) mass is 606 g/mol. The average molecular weight is 608 g/mol. The zero-order valence-electron chi connectivity index (χ0n) is 21.9. The van der Waals surface area contributed by atoms with Gasteiger partial charge in [-0.05, 0) is 89.1 Å². The molecule has 7 nitrogen and oxygen atoms in total. The van der Waals surface area contributed by atoms with E-state index in [9.17, 15) is 14.4 Å². The Morgan fingerprint density at radius 2 is 1.63 bits per heavy atom. The van der Waals surface area contributed by atoms with Gasteiger partial charge in [0.2, 0.25) is 5.91 Å². The highest BCUT2D eigenvalue weighted by molar-refractivity contribution is 8.18. The van der Waals surface area contributed by atoms with E-state index < -0.39 is 23.6 Å². The highest BCUT2D eigenvalue weighted by Crippen LogP contribution is 2.38. The number of hydrogen-bond donors (Lipinski definition) is 1. The van der Waals surface area contributed by atoms with E-state index in [4.69, 9.17) is 32.7 Å². The van der Waals surface area contributed by atoms with E-state index in [1.54, 1.807) is 36.4 Å². The molecular formula is C31H24Cl2N2O5S. The molecule has 0 bridgehead atoms. The molecule has 41 heavy (non-hydrogen) atoms. The van der Waals surface area contributed by atoms with E-state index in [2.05, 4.69) is 5.32 Å². The van der Waals surface area contributed by atoms with Crippen LogP contribution in [0.1, 0.15) is 18.1 Å². The van der Waals surface area contributed by atoms with Crippen molar-refractivity contribution in [2.45, 2.75) is 13.5 Å². The Morgan fingerprint density at radius 3 is 2.34 bits per heavy atom. The minimum atomic E-state index is -0.578. The van der Waals surface area contributed by atoms with E-state index in [-0.39, 0.29) is 21.6 Å². The summed E-state index contributed by atoms with van der Waals surface area (Å²) in [6.45, 7) is 2.25. The van der Waals surface area contributed by atoms with Crippen molar-refractivity contribution in [3.8, 4) is 11.5 Å². The highest BCUT2D eigenvalue weighted by atomic mass is 35.5. The Balaban J connectivity index is 1.23. The summed E-state index contributed by atoms with van der Waals surface area (Å²) in [5.41, 5.74) is 2.00. The first-order chi connectivity index (χ1) is 19.8. The number of imide groups is 1. The van der Waals surface area contributed by atoms with Gasteiger partial charge in [-0.2, -0.15) is 0 Å². The standard InChI is InChI=1S/C31H24Cl2N2O5S/c1-2-39-24-11-9-23(10-12-24)34-28(36)17-35-30(37)27(41-31(35)38)16-20-14-25(32)29(26(33)15-20)40-18-19-7-8-21-5-3-4-6-22(21)13-19/h3-16H,2,17-18H2,1H3,(H,34,36)/b27-16+. The first-order valence-electron chi connectivity index (χ1n) is 12.7. The van der Waals surface area contributed by atoms with Crippen LogP contribution in [0, 0.1) is 0 Å². The number of halogens is 2. The number of benzene rings is 4. The molecular weight excluding hydrogens is 583 g/mol. The Hall–Kier alpha value is -3.98. The number of nitrogens with zero attached hydrogens (tertiary/aromatic N) is 1. The van der Waals surface area contributed by atoms with Crippen molar-refractivity contribution in [1.29, 1.82) is 0 Å². The summed E-state index contributed by atoms with van der Waals surface area (Å²) < 4.78 is 11.3. The predicted molar refractivity (Wildman–Crippen MR) is 164 cm³/mol. The molecule has 1 N–H and O–H groups in total. The molecule has 3 amide bonds. The van der Waals surface area contributed by atoms with Gasteiger partial charge in [-0.1, -0.05) is 59.6 Å². The van der Waals surface area contributed by atoms with E-state index in [1.165, 1.54) is 6.08 Å². The van der Waals surface area contributed by atoms with Crippen molar-refractivity contribution in [1.82, 2.24) is 4.90 Å². The zero-order valence-corrected chi connectivity index (χ0v) is 24.2. The van der Waals surface area contributed by atoms with Gasteiger partial charge in [-0.15, -0.1) is 0 Å². The number of amides is 3. The molecule has 1 saturated heterocycles. The largest absolute Gasteiger partial charge is 0.494 e. The second-order valence-electron chi connectivity index (χ2n) is 9.06. The number of anilines is 1. The Bertz CT molecular complexity index is 1650. The summed E-state index contributed by atoms with van der Waals surface area (Å²) in [5.74, 6) is -0.0913. The van der Waals surface area contributed by atoms with Gasteiger partial charge in [0, 0.05) is 5.69 Å². The van der Waals surface area contributed by atoms with Crippen LogP contribution in [0.2, 0.25) is 10.0 Å². The Labute approximate surface area is 251 Å². The number of hydrogen-bond acceptors (Lipinski definition) is 6. The lowest BCUT2D eigenvalue weighted by Gasteiger charge is -2.13. The van der Waals surface area contributed by atoms with Crippen LogP contribution in [-0.2, 0) is 16.2 Å². The van der Waals surface area contributed by atoms with E-state index in [0.29, 0.717) is 29.4 Å². The molecule has 0 unspecified atom stereocenters. The van der Waals surface area contributed by atoms with Crippen LogP contribution in [0.4, 0.5) is 10.5 Å². The smallest absolute Gasteiger partial charge is 0.294 e. The topological polar surface area (TPSA) is 84.9 Å². The molecule has 0 spiro atoms. The molecule has 1 aliphatic rings. The summed E-state index contributed by atoms with van der Waals surface area (Å²) in [5, 5.41) is 4.89. The van der Waals surface area contributed by atoms with Gasteiger partial charge < -0.3 is 14.8 Å². The van der Waals surface area contributed by atoms with Crippen LogP contribution < -0.4 is 14.8 Å². The Kier molecular flexibility index (Phi) is 8.83. The van der Waals surface area contributed by atoms with Crippen LogP contribution in [0.15, 0.2) is 83.8 Å². The van der Waals surface area contributed by atoms with Crippen LogP contribution >= 0.6 is 35.0 Å². The third-order valence-corrected chi connectivity index (χ3v) is 7.61. The molecule has 0 atom stereocenters. The van der Waals surface area contributed by atoms with Crippen molar-refractivity contribution >= 4 is 74.6 Å². The van der Waals surface area contributed by atoms with E-state index in [0.717, 1.165) is 33.0 Å². The quantitative estimate of drug-likeness (QED) is 0.196. The minimum Gasteiger partial charge on any atom is -0.494 e. The van der Waals surface area contributed by atoms with Crippen LogP contribution in [0.25, 0.3) is 16.8 Å². The summed E-state index contributed by atoms with van der Waals surface area (Å²) in [6.07, 6.45) is 1.51. The fourth-order valence-electron chi connectivity index (χ4n) is 4.22. The molecule has 0 aliphatic carbocycles. The predicted octanol–water partition coefficient (Wildman–Crippen LogP) is 7.80. The number of ether oxygens (including phenoxy) is 2. The molecule has 1 aliphatic heterocycles. The zero-order chi connectivity index (χ0) is 28.9. The fourth-order valence-corrected chi connectivity index (χ4v) is 5.67. The first-order valence-corrected chi connectivity index (χ1v) is 14.3. The molecule has 208 valence electrons. The highest BCUT2D eigenvalue weighted by Gasteiger charge is 2.36. The SMILES string of the molecule is CCOc1ccc(NC(=O)CN2C(=O)S/C(=C/c3cc(Cl)c(OCc4ccc5ccccc5c4)c(Cl)c3)C2=O)cc1. The summed E-state index contributed by atoms with van der Waals surface area (Å²) in [7, 11) is 0. The Morgan fingerprint density at radius 1 is 0.927 bits per heavy atom. The van der Waals surface area contributed by atoms with Gasteiger partial charge >= 0.3 is 0 Å². The van der Waals surface area contributed by atoms with Crippen LogP contribution in [0.5, 0.6) is 11.5 Å². The summed E-state index contributed by atoms with van der Waals surface area (Å²) >= 11 is 13.7. The summed E-state index contributed by atoms with van der Waals surface area (Å²) in [4.78, 5) is 39.1. The van der Waals surface area contributed by atoms with Crippen molar-refractivity contribution in [2.24, 2.45) is 0 Å². The maximum Gasteiger partial charge on any atom is 0.294 e. The average Bonchev–Trinajstić information content (AvgIpc) is 3.20.